The van der Waals surface area contributed by atoms with E-state index in [-0.39, 0.29) is 11.7 Å². The third-order valence-corrected chi connectivity index (χ3v) is 4.53. The van der Waals surface area contributed by atoms with Crippen LogP contribution in [0.25, 0.3) is 0 Å². The molecule has 0 aromatic heterocycles. The Morgan fingerprint density at radius 1 is 1.19 bits per heavy atom. The van der Waals surface area contributed by atoms with Crippen molar-refractivity contribution < 1.29 is 9.18 Å². The van der Waals surface area contributed by atoms with Crippen molar-refractivity contribution in [2.24, 2.45) is 0 Å². The van der Waals surface area contributed by atoms with Crippen LogP contribution in [0.3, 0.4) is 0 Å². The number of hydrogen-bond acceptors (Lipinski definition) is 2. The molecule has 1 saturated carbocycles. The first-order valence-electron chi connectivity index (χ1n) is 7.63. The van der Waals surface area contributed by atoms with Crippen molar-refractivity contribution in [2.45, 2.75) is 44.6 Å². The quantitative estimate of drug-likeness (QED) is 0.624. The van der Waals surface area contributed by atoms with Crippen molar-refractivity contribution in [1.29, 1.82) is 0 Å². The number of carbonyl (C=O) groups is 1. The van der Waals surface area contributed by atoms with Gasteiger partial charge in [0.15, 0.2) is 0 Å². The number of nitrogens with one attached hydrogen (secondary N) is 2. The maximum atomic E-state index is 13.0. The smallest absolute Gasteiger partial charge is 0.252 e. The highest BCUT2D eigenvalue weighted by atomic mass is 79.9. The van der Waals surface area contributed by atoms with Crippen LogP contribution in [-0.2, 0) is 0 Å². The number of rotatable bonds is 5. The normalized spacial score (nSPS) is 16.5. The topological polar surface area (TPSA) is 41.1 Å². The Morgan fingerprint density at radius 2 is 1.90 bits per heavy atom. The molecule has 2 N–H and O–H groups in total. The van der Waals surface area contributed by atoms with E-state index < -0.39 is 0 Å². The first-order valence-corrected chi connectivity index (χ1v) is 8.43. The zero-order valence-electron chi connectivity index (χ0n) is 12.1. The predicted molar refractivity (Wildman–Crippen MR) is 85.9 cm³/mol. The standard InChI is InChI=1S/C16H22BrFN2O/c17-15-11-12(18)7-8-14(15)16(21)20-10-9-19-13-5-3-1-2-4-6-13/h7-8,11,13,19H,1-6,9-10H2,(H,20,21). The Morgan fingerprint density at radius 3 is 2.57 bits per heavy atom. The highest BCUT2D eigenvalue weighted by molar-refractivity contribution is 9.10. The van der Waals surface area contributed by atoms with Crippen molar-refractivity contribution in [2.75, 3.05) is 13.1 Å². The third kappa shape index (κ3) is 5.40. The van der Waals surface area contributed by atoms with Crippen molar-refractivity contribution in [3.63, 3.8) is 0 Å². The van der Waals surface area contributed by atoms with Gasteiger partial charge in [0.1, 0.15) is 5.82 Å². The predicted octanol–water partition coefficient (Wildman–Crippen LogP) is 3.63. The second kappa shape index (κ2) is 8.49. The highest BCUT2D eigenvalue weighted by Crippen LogP contribution is 2.18. The van der Waals surface area contributed by atoms with Gasteiger partial charge in [-0.15, -0.1) is 0 Å². The second-order valence-corrected chi connectivity index (χ2v) is 6.38. The van der Waals surface area contributed by atoms with Gasteiger partial charge in [-0.05, 0) is 47.0 Å². The van der Waals surface area contributed by atoms with Gasteiger partial charge in [-0.3, -0.25) is 4.79 Å². The SMILES string of the molecule is O=C(NCCNC1CCCCCC1)c1ccc(F)cc1Br. The molecule has 0 spiro atoms. The molecule has 0 atom stereocenters. The Kier molecular flexibility index (Phi) is 6.64. The molecule has 21 heavy (non-hydrogen) atoms. The number of benzene rings is 1. The molecule has 0 heterocycles. The average molecular weight is 357 g/mol. The lowest BCUT2D eigenvalue weighted by Gasteiger charge is -2.16. The van der Waals surface area contributed by atoms with Crippen LogP contribution >= 0.6 is 15.9 Å². The van der Waals surface area contributed by atoms with Crippen molar-refractivity contribution >= 4 is 21.8 Å². The lowest BCUT2D eigenvalue weighted by atomic mass is 10.1. The summed E-state index contributed by atoms with van der Waals surface area (Å²) in [5.74, 6) is -0.530. The van der Waals surface area contributed by atoms with Crippen LogP contribution in [-0.4, -0.2) is 25.0 Å². The van der Waals surface area contributed by atoms with E-state index in [1.807, 2.05) is 0 Å². The van der Waals surface area contributed by atoms with E-state index in [1.165, 1.54) is 56.7 Å². The highest BCUT2D eigenvalue weighted by Gasteiger charge is 2.12. The molecule has 2 rings (SSSR count). The van der Waals surface area contributed by atoms with Gasteiger partial charge in [-0.2, -0.15) is 0 Å². The lowest BCUT2D eigenvalue weighted by Crippen LogP contribution is -2.37. The summed E-state index contributed by atoms with van der Waals surface area (Å²) in [6.07, 6.45) is 7.75. The molecule has 1 amide bonds. The van der Waals surface area contributed by atoms with E-state index in [4.69, 9.17) is 0 Å². The minimum atomic E-state index is -0.353. The van der Waals surface area contributed by atoms with E-state index in [1.54, 1.807) is 0 Å². The van der Waals surface area contributed by atoms with Gasteiger partial charge >= 0.3 is 0 Å². The van der Waals surface area contributed by atoms with Gasteiger partial charge in [0.25, 0.3) is 5.91 Å². The number of hydrogen-bond donors (Lipinski definition) is 2. The summed E-state index contributed by atoms with van der Waals surface area (Å²) in [4.78, 5) is 12.0. The van der Waals surface area contributed by atoms with Crippen LogP contribution in [0.1, 0.15) is 48.9 Å². The van der Waals surface area contributed by atoms with Crippen molar-refractivity contribution in [3.05, 3.63) is 34.1 Å². The van der Waals surface area contributed by atoms with Crippen LogP contribution in [0, 0.1) is 5.82 Å². The van der Waals surface area contributed by atoms with E-state index in [0.717, 1.165) is 6.54 Å². The fourth-order valence-electron chi connectivity index (χ4n) is 2.70. The van der Waals surface area contributed by atoms with Crippen LogP contribution in [0.15, 0.2) is 22.7 Å². The zero-order chi connectivity index (χ0) is 15.1. The maximum absolute atomic E-state index is 13.0. The molecule has 0 unspecified atom stereocenters. The molecule has 1 aromatic rings. The molecule has 3 nitrogen and oxygen atoms in total. The van der Waals surface area contributed by atoms with E-state index in [2.05, 4.69) is 26.6 Å². The van der Waals surface area contributed by atoms with Crippen molar-refractivity contribution in [1.82, 2.24) is 10.6 Å². The fourth-order valence-corrected chi connectivity index (χ4v) is 3.24. The Balaban J connectivity index is 1.71. The first-order chi connectivity index (χ1) is 10.2. The average Bonchev–Trinajstić information content (AvgIpc) is 2.72. The summed E-state index contributed by atoms with van der Waals surface area (Å²) in [5.41, 5.74) is 0.464. The molecule has 1 aromatic carbocycles. The Hall–Kier alpha value is -0.940. The fraction of sp³-hybridized carbons (Fsp3) is 0.562. The van der Waals surface area contributed by atoms with Crippen LogP contribution in [0.4, 0.5) is 4.39 Å². The van der Waals surface area contributed by atoms with E-state index in [9.17, 15) is 9.18 Å². The zero-order valence-corrected chi connectivity index (χ0v) is 13.7. The largest absolute Gasteiger partial charge is 0.351 e. The molecular weight excluding hydrogens is 335 g/mol. The molecule has 1 aliphatic rings. The molecule has 1 aliphatic carbocycles. The molecule has 116 valence electrons. The van der Waals surface area contributed by atoms with Gasteiger partial charge in [-0.1, -0.05) is 25.7 Å². The molecule has 5 heteroatoms. The molecule has 0 bridgehead atoms. The van der Waals surface area contributed by atoms with Gasteiger partial charge in [0.2, 0.25) is 0 Å². The summed E-state index contributed by atoms with van der Waals surface area (Å²) in [6, 6.07) is 4.68. The minimum Gasteiger partial charge on any atom is -0.351 e. The van der Waals surface area contributed by atoms with Gasteiger partial charge in [0.05, 0.1) is 5.56 Å². The van der Waals surface area contributed by atoms with Gasteiger partial charge in [-0.25, -0.2) is 4.39 Å². The van der Waals surface area contributed by atoms with Gasteiger partial charge in [0, 0.05) is 23.6 Å². The van der Waals surface area contributed by atoms with Crippen molar-refractivity contribution in [3.8, 4) is 0 Å². The lowest BCUT2D eigenvalue weighted by molar-refractivity contribution is 0.0952. The Bertz CT molecular complexity index is 473. The molecule has 1 fully saturated rings. The molecule has 0 aliphatic heterocycles. The minimum absolute atomic E-state index is 0.176. The summed E-state index contributed by atoms with van der Waals surface area (Å²) >= 11 is 3.21. The van der Waals surface area contributed by atoms with E-state index >= 15 is 0 Å². The van der Waals surface area contributed by atoms with E-state index in [0.29, 0.717) is 22.6 Å². The van der Waals surface area contributed by atoms with Crippen LogP contribution in [0.5, 0.6) is 0 Å². The summed E-state index contributed by atoms with van der Waals surface area (Å²) in [6.45, 7) is 1.36. The second-order valence-electron chi connectivity index (χ2n) is 5.52. The van der Waals surface area contributed by atoms with Crippen LogP contribution < -0.4 is 10.6 Å². The third-order valence-electron chi connectivity index (χ3n) is 3.87. The summed E-state index contributed by atoms with van der Waals surface area (Å²) in [5, 5.41) is 6.37. The summed E-state index contributed by atoms with van der Waals surface area (Å²) in [7, 11) is 0. The number of carbonyl (C=O) groups excluding carboxylic acids is 1. The molecule has 0 radical (unpaired) electrons. The van der Waals surface area contributed by atoms with Crippen LogP contribution in [0.2, 0.25) is 0 Å². The Labute approximate surface area is 133 Å². The summed E-state index contributed by atoms with van der Waals surface area (Å²) < 4.78 is 13.5. The van der Waals surface area contributed by atoms with Gasteiger partial charge < -0.3 is 10.6 Å². The monoisotopic (exact) mass is 356 g/mol. The number of halogens is 2. The maximum Gasteiger partial charge on any atom is 0.252 e. The first kappa shape index (κ1) is 16.4. The molecular formula is C16H22BrFN2O. The number of amides is 1. The molecule has 0 saturated heterocycles.